The van der Waals surface area contributed by atoms with Gasteiger partial charge in [-0.05, 0) is 13.0 Å². The molecule has 1 aromatic carbocycles. The third-order valence-corrected chi connectivity index (χ3v) is 3.74. The van der Waals surface area contributed by atoms with E-state index >= 15 is 0 Å². The number of ether oxygens (including phenoxy) is 2. The SMILES string of the molecule is CCOC(=O)N1CCN(c2ccc([N+](=O)[O-])cc2C(=O)OC)CC1. The van der Waals surface area contributed by atoms with Crippen LogP contribution in [0.1, 0.15) is 17.3 Å². The normalized spacial score (nSPS) is 14.2. The number of piperazine rings is 1. The van der Waals surface area contributed by atoms with E-state index in [1.807, 2.05) is 4.90 Å². The zero-order valence-electron chi connectivity index (χ0n) is 13.6. The second-order valence-electron chi connectivity index (χ2n) is 5.12. The molecule has 0 saturated carbocycles. The number of benzene rings is 1. The molecule has 2 rings (SSSR count). The van der Waals surface area contributed by atoms with Gasteiger partial charge in [0.1, 0.15) is 0 Å². The maximum atomic E-state index is 12.0. The van der Waals surface area contributed by atoms with Crippen LogP contribution in [0.4, 0.5) is 16.2 Å². The Bertz CT molecular complexity index is 640. The Morgan fingerprint density at radius 3 is 2.46 bits per heavy atom. The number of methoxy groups -OCH3 is 1. The van der Waals surface area contributed by atoms with Crippen LogP contribution in [0.3, 0.4) is 0 Å². The predicted octanol–water partition coefficient (Wildman–Crippen LogP) is 1.66. The molecule has 1 aromatic rings. The molecule has 1 saturated heterocycles. The summed E-state index contributed by atoms with van der Waals surface area (Å²) in [6.07, 6.45) is -0.367. The van der Waals surface area contributed by atoms with E-state index in [2.05, 4.69) is 0 Å². The molecule has 0 N–H and O–H groups in total. The number of hydrogen-bond donors (Lipinski definition) is 0. The first kappa shape index (κ1) is 17.5. The number of hydrogen-bond acceptors (Lipinski definition) is 7. The molecular formula is C15H19N3O6. The van der Waals surface area contributed by atoms with E-state index in [0.717, 1.165) is 0 Å². The summed E-state index contributed by atoms with van der Waals surface area (Å²) in [5, 5.41) is 10.9. The summed E-state index contributed by atoms with van der Waals surface area (Å²) >= 11 is 0. The van der Waals surface area contributed by atoms with Gasteiger partial charge in [0.2, 0.25) is 0 Å². The van der Waals surface area contributed by atoms with E-state index in [-0.39, 0.29) is 17.3 Å². The van der Waals surface area contributed by atoms with Crippen LogP contribution in [0.2, 0.25) is 0 Å². The van der Waals surface area contributed by atoms with Gasteiger partial charge in [-0.1, -0.05) is 0 Å². The zero-order chi connectivity index (χ0) is 17.7. The largest absolute Gasteiger partial charge is 0.465 e. The van der Waals surface area contributed by atoms with Crippen LogP contribution < -0.4 is 4.90 Å². The monoisotopic (exact) mass is 337 g/mol. The molecule has 1 fully saturated rings. The topological polar surface area (TPSA) is 102 Å². The first-order valence-corrected chi connectivity index (χ1v) is 7.51. The van der Waals surface area contributed by atoms with Crippen LogP contribution in [-0.2, 0) is 9.47 Å². The third-order valence-electron chi connectivity index (χ3n) is 3.74. The van der Waals surface area contributed by atoms with Gasteiger partial charge in [-0.3, -0.25) is 10.1 Å². The average molecular weight is 337 g/mol. The number of nitro benzene ring substituents is 1. The van der Waals surface area contributed by atoms with E-state index in [0.29, 0.717) is 38.5 Å². The van der Waals surface area contributed by atoms with E-state index in [1.54, 1.807) is 11.8 Å². The fraction of sp³-hybridized carbons (Fsp3) is 0.467. The number of amides is 1. The quantitative estimate of drug-likeness (QED) is 0.467. The van der Waals surface area contributed by atoms with E-state index in [1.165, 1.54) is 25.3 Å². The summed E-state index contributed by atoms with van der Waals surface area (Å²) in [6, 6.07) is 4.09. The number of esters is 1. The maximum Gasteiger partial charge on any atom is 0.409 e. The van der Waals surface area contributed by atoms with Crippen molar-refractivity contribution in [3.63, 3.8) is 0 Å². The molecular weight excluding hydrogens is 318 g/mol. The summed E-state index contributed by atoms with van der Waals surface area (Å²) in [5.41, 5.74) is 0.511. The highest BCUT2D eigenvalue weighted by Gasteiger charge is 2.26. The molecule has 1 aliphatic rings. The number of non-ortho nitro benzene ring substituents is 1. The fourth-order valence-corrected chi connectivity index (χ4v) is 2.53. The van der Waals surface area contributed by atoms with Gasteiger partial charge in [-0.2, -0.15) is 0 Å². The first-order chi connectivity index (χ1) is 11.5. The second-order valence-corrected chi connectivity index (χ2v) is 5.12. The number of anilines is 1. The summed E-state index contributed by atoms with van der Waals surface area (Å²) < 4.78 is 9.68. The Balaban J connectivity index is 2.19. The molecule has 0 aliphatic carbocycles. The molecule has 0 spiro atoms. The minimum absolute atomic E-state index is 0.135. The van der Waals surface area contributed by atoms with E-state index in [4.69, 9.17) is 9.47 Å². The fourth-order valence-electron chi connectivity index (χ4n) is 2.53. The Morgan fingerprint density at radius 2 is 1.92 bits per heavy atom. The number of nitrogens with zero attached hydrogens (tertiary/aromatic N) is 3. The minimum Gasteiger partial charge on any atom is -0.465 e. The van der Waals surface area contributed by atoms with E-state index in [9.17, 15) is 19.7 Å². The van der Waals surface area contributed by atoms with Crippen molar-refractivity contribution >= 4 is 23.4 Å². The average Bonchev–Trinajstić information content (AvgIpc) is 2.60. The summed E-state index contributed by atoms with van der Waals surface area (Å²) in [7, 11) is 1.23. The van der Waals surface area contributed by atoms with Crippen LogP contribution in [0.15, 0.2) is 18.2 Å². The summed E-state index contributed by atoms with van der Waals surface area (Å²) in [4.78, 5) is 37.5. The Kier molecular flexibility index (Phi) is 5.56. The highest BCUT2D eigenvalue weighted by molar-refractivity contribution is 5.96. The maximum absolute atomic E-state index is 12.0. The zero-order valence-corrected chi connectivity index (χ0v) is 13.6. The summed E-state index contributed by atoms with van der Waals surface area (Å²) in [5.74, 6) is -0.637. The van der Waals surface area contributed by atoms with Crippen LogP contribution in [0, 0.1) is 10.1 Å². The van der Waals surface area contributed by atoms with Crippen LogP contribution >= 0.6 is 0 Å². The van der Waals surface area contributed by atoms with Gasteiger partial charge in [0.05, 0.1) is 29.9 Å². The lowest BCUT2D eigenvalue weighted by Crippen LogP contribution is -2.49. The Hall–Kier alpha value is -2.84. The molecule has 1 aliphatic heterocycles. The number of nitro groups is 1. The first-order valence-electron chi connectivity index (χ1n) is 7.51. The molecule has 0 aromatic heterocycles. The van der Waals surface area contributed by atoms with Crippen molar-refractivity contribution < 1.29 is 24.0 Å². The van der Waals surface area contributed by atoms with Crippen molar-refractivity contribution in [1.29, 1.82) is 0 Å². The van der Waals surface area contributed by atoms with Crippen molar-refractivity contribution in [3.05, 3.63) is 33.9 Å². The van der Waals surface area contributed by atoms with Crippen molar-refractivity contribution in [3.8, 4) is 0 Å². The number of carbonyl (C=O) groups is 2. The molecule has 130 valence electrons. The van der Waals surface area contributed by atoms with Crippen molar-refractivity contribution in [2.24, 2.45) is 0 Å². The molecule has 1 heterocycles. The predicted molar refractivity (Wildman–Crippen MR) is 85.2 cm³/mol. The van der Waals surface area contributed by atoms with E-state index < -0.39 is 10.9 Å². The van der Waals surface area contributed by atoms with Gasteiger partial charge in [0, 0.05) is 38.3 Å². The molecule has 0 unspecified atom stereocenters. The van der Waals surface area contributed by atoms with Crippen molar-refractivity contribution in [1.82, 2.24) is 4.90 Å². The lowest BCUT2D eigenvalue weighted by molar-refractivity contribution is -0.384. The van der Waals surface area contributed by atoms with Crippen LogP contribution in [0.5, 0.6) is 0 Å². The molecule has 9 heteroatoms. The molecule has 0 radical (unpaired) electrons. The second kappa shape index (κ2) is 7.62. The number of rotatable bonds is 4. The van der Waals surface area contributed by atoms with Gasteiger partial charge >= 0.3 is 12.1 Å². The lowest BCUT2D eigenvalue weighted by atomic mass is 10.1. The molecule has 0 bridgehead atoms. The minimum atomic E-state index is -0.637. The molecule has 9 nitrogen and oxygen atoms in total. The Morgan fingerprint density at radius 1 is 1.25 bits per heavy atom. The molecule has 24 heavy (non-hydrogen) atoms. The van der Waals surface area contributed by atoms with Crippen molar-refractivity contribution in [2.45, 2.75) is 6.92 Å². The van der Waals surface area contributed by atoms with Gasteiger partial charge in [0.25, 0.3) is 5.69 Å². The van der Waals surface area contributed by atoms with Crippen molar-refractivity contribution in [2.75, 3.05) is 44.8 Å². The standard InChI is InChI=1S/C15H19N3O6/c1-3-24-15(20)17-8-6-16(7-9-17)13-5-4-11(18(21)22)10-12(13)14(19)23-2/h4-5,10H,3,6-9H2,1-2H3. The van der Waals surface area contributed by atoms with Gasteiger partial charge in [0.15, 0.2) is 0 Å². The summed E-state index contributed by atoms with van der Waals surface area (Å²) in [6.45, 7) is 3.91. The lowest BCUT2D eigenvalue weighted by Gasteiger charge is -2.36. The van der Waals surface area contributed by atoms with Gasteiger partial charge in [-0.25, -0.2) is 9.59 Å². The smallest absolute Gasteiger partial charge is 0.409 e. The van der Waals surface area contributed by atoms with Crippen LogP contribution in [0.25, 0.3) is 0 Å². The Labute approximate surface area is 138 Å². The molecule has 0 atom stereocenters. The van der Waals surface area contributed by atoms with Gasteiger partial charge < -0.3 is 19.3 Å². The van der Waals surface area contributed by atoms with Gasteiger partial charge in [-0.15, -0.1) is 0 Å². The van der Waals surface area contributed by atoms with Crippen LogP contribution in [-0.4, -0.2) is 61.8 Å². The highest BCUT2D eigenvalue weighted by atomic mass is 16.6. The third kappa shape index (κ3) is 3.73. The number of carbonyl (C=O) groups excluding carboxylic acids is 2. The molecule has 1 amide bonds. The highest BCUT2D eigenvalue weighted by Crippen LogP contribution is 2.27.